The number of carbonyl (C=O) groups excluding carboxylic acids is 1. The van der Waals surface area contributed by atoms with Gasteiger partial charge in [-0.2, -0.15) is 0 Å². The molecular formula is C19H16BrN3OS. The van der Waals surface area contributed by atoms with Crippen LogP contribution in [0.25, 0.3) is 17.5 Å². The minimum atomic E-state index is -0.254. The van der Waals surface area contributed by atoms with E-state index < -0.39 is 0 Å². The molecule has 0 bridgehead atoms. The molecule has 0 saturated carbocycles. The van der Waals surface area contributed by atoms with Gasteiger partial charge in [0.1, 0.15) is 0 Å². The molecule has 126 valence electrons. The third-order valence-corrected chi connectivity index (χ3v) is 5.11. The SMILES string of the molecule is C=Cn1c(-c2ccccc2)c(C)s/c1=N/NC(=O)c1ccc(Br)cc1. The van der Waals surface area contributed by atoms with E-state index in [1.54, 1.807) is 18.3 Å². The van der Waals surface area contributed by atoms with Crippen molar-refractivity contribution in [1.29, 1.82) is 0 Å². The van der Waals surface area contributed by atoms with Gasteiger partial charge in [-0.3, -0.25) is 9.36 Å². The van der Waals surface area contributed by atoms with Gasteiger partial charge in [-0.05, 0) is 36.8 Å². The summed E-state index contributed by atoms with van der Waals surface area (Å²) in [5.41, 5.74) is 5.27. The van der Waals surface area contributed by atoms with Crippen LogP contribution in [-0.2, 0) is 0 Å². The summed E-state index contributed by atoms with van der Waals surface area (Å²) < 4.78 is 2.81. The standard InChI is InChI=1S/C19H16BrN3OS/c1-3-23-17(14-7-5-4-6-8-14)13(2)25-19(23)22-21-18(24)15-9-11-16(20)12-10-15/h3-12H,1H2,2H3,(H,21,24)/b22-19+. The van der Waals surface area contributed by atoms with Crippen molar-refractivity contribution < 1.29 is 4.79 Å². The second kappa shape index (κ2) is 7.63. The zero-order chi connectivity index (χ0) is 17.8. The van der Waals surface area contributed by atoms with Crippen LogP contribution in [0.2, 0.25) is 0 Å². The molecule has 0 aliphatic heterocycles. The summed E-state index contributed by atoms with van der Waals surface area (Å²) in [6.07, 6.45) is 1.70. The van der Waals surface area contributed by atoms with Gasteiger partial charge >= 0.3 is 0 Å². The summed E-state index contributed by atoms with van der Waals surface area (Å²) in [7, 11) is 0. The van der Waals surface area contributed by atoms with Crippen LogP contribution in [0.15, 0.2) is 70.8 Å². The van der Waals surface area contributed by atoms with Crippen molar-refractivity contribution in [2.24, 2.45) is 5.10 Å². The number of nitrogens with zero attached hydrogens (tertiary/aromatic N) is 2. The minimum absolute atomic E-state index is 0.254. The first-order valence-corrected chi connectivity index (χ1v) is 9.20. The van der Waals surface area contributed by atoms with E-state index in [2.05, 4.69) is 33.0 Å². The number of benzene rings is 2. The number of halogens is 1. The molecule has 0 radical (unpaired) electrons. The zero-order valence-corrected chi connectivity index (χ0v) is 16.0. The molecule has 1 amide bonds. The number of rotatable bonds is 4. The number of nitrogens with one attached hydrogen (secondary N) is 1. The first-order chi connectivity index (χ1) is 12.1. The minimum Gasteiger partial charge on any atom is -0.291 e. The molecule has 4 nitrogen and oxygen atoms in total. The van der Waals surface area contributed by atoms with E-state index in [1.165, 1.54) is 11.3 Å². The molecular weight excluding hydrogens is 398 g/mol. The lowest BCUT2D eigenvalue weighted by molar-refractivity contribution is 0.0953. The van der Waals surface area contributed by atoms with Gasteiger partial charge in [0.25, 0.3) is 5.91 Å². The molecule has 0 atom stereocenters. The molecule has 0 aliphatic carbocycles. The Labute approximate surface area is 158 Å². The van der Waals surface area contributed by atoms with E-state index in [-0.39, 0.29) is 5.91 Å². The van der Waals surface area contributed by atoms with Crippen LogP contribution in [0.3, 0.4) is 0 Å². The fraction of sp³-hybridized carbons (Fsp3) is 0.0526. The molecule has 1 N–H and O–H groups in total. The van der Waals surface area contributed by atoms with Gasteiger partial charge in [0.2, 0.25) is 4.80 Å². The molecule has 0 aliphatic rings. The third kappa shape index (κ3) is 3.81. The Morgan fingerprint density at radius 3 is 2.52 bits per heavy atom. The van der Waals surface area contributed by atoms with Gasteiger partial charge in [-0.15, -0.1) is 5.10 Å². The monoisotopic (exact) mass is 413 g/mol. The molecule has 1 aromatic heterocycles. The van der Waals surface area contributed by atoms with Crippen LogP contribution in [0, 0.1) is 6.92 Å². The van der Waals surface area contributed by atoms with Gasteiger partial charge in [0.05, 0.1) is 5.69 Å². The maximum Gasteiger partial charge on any atom is 0.271 e. The highest BCUT2D eigenvalue weighted by atomic mass is 79.9. The van der Waals surface area contributed by atoms with E-state index in [0.29, 0.717) is 10.4 Å². The van der Waals surface area contributed by atoms with Crippen molar-refractivity contribution in [1.82, 2.24) is 9.99 Å². The molecule has 25 heavy (non-hydrogen) atoms. The van der Waals surface area contributed by atoms with Crippen LogP contribution < -0.4 is 10.2 Å². The molecule has 0 spiro atoms. The maximum atomic E-state index is 12.2. The van der Waals surface area contributed by atoms with Gasteiger partial charge in [-0.25, -0.2) is 5.43 Å². The molecule has 6 heteroatoms. The highest BCUT2D eigenvalue weighted by Gasteiger charge is 2.11. The van der Waals surface area contributed by atoms with E-state index in [4.69, 9.17) is 0 Å². The lowest BCUT2D eigenvalue weighted by Gasteiger charge is -2.05. The number of aromatic nitrogens is 1. The lowest BCUT2D eigenvalue weighted by Crippen LogP contribution is -2.23. The van der Waals surface area contributed by atoms with Crippen molar-refractivity contribution in [3.8, 4) is 11.3 Å². The molecule has 0 fully saturated rings. The van der Waals surface area contributed by atoms with Crippen molar-refractivity contribution in [2.75, 3.05) is 0 Å². The Balaban J connectivity index is 1.95. The molecule has 0 unspecified atom stereocenters. The zero-order valence-electron chi connectivity index (χ0n) is 13.6. The van der Waals surface area contributed by atoms with E-state index in [0.717, 1.165) is 20.6 Å². The number of thiazole rings is 1. The van der Waals surface area contributed by atoms with Crippen LogP contribution in [0.5, 0.6) is 0 Å². The second-order valence-corrected chi connectivity index (χ2v) is 7.36. The Morgan fingerprint density at radius 2 is 1.88 bits per heavy atom. The normalized spacial score (nSPS) is 11.4. The Morgan fingerprint density at radius 1 is 1.20 bits per heavy atom. The Kier molecular flexibility index (Phi) is 5.31. The largest absolute Gasteiger partial charge is 0.291 e. The van der Waals surface area contributed by atoms with E-state index in [9.17, 15) is 4.79 Å². The van der Waals surface area contributed by atoms with Crippen LogP contribution >= 0.6 is 27.3 Å². The fourth-order valence-electron chi connectivity index (χ4n) is 2.45. The topological polar surface area (TPSA) is 46.4 Å². The first kappa shape index (κ1) is 17.4. The van der Waals surface area contributed by atoms with Crippen LogP contribution in [-0.4, -0.2) is 10.5 Å². The van der Waals surface area contributed by atoms with Crippen molar-refractivity contribution in [2.45, 2.75) is 6.92 Å². The van der Waals surface area contributed by atoms with Crippen molar-refractivity contribution in [3.05, 3.63) is 80.9 Å². The fourth-order valence-corrected chi connectivity index (χ4v) is 3.66. The molecule has 3 aromatic rings. The number of hydrogen-bond donors (Lipinski definition) is 1. The first-order valence-electron chi connectivity index (χ1n) is 7.59. The number of carbonyl (C=O) groups is 1. The molecule has 3 rings (SSSR count). The van der Waals surface area contributed by atoms with E-state index >= 15 is 0 Å². The number of hydrogen-bond acceptors (Lipinski definition) is 3. The van der Waals surface area contributed by atoms with Gasteiger partial charge in [-0.1, -0.05) is 64.2 Å². The summed E-state index contributed by atoms with van der Waals surface area (Å²) in [6, 6.07) is 17.2. The number of amides is 1. The summed E-state index contributed by atoms with van der Waals surface area (Å²) in [5.74, 6) is -0.254. The van der Waals surface area contributed by atoms with Crippen molar-refractivity contribution >= 4 is 39.4 Å². The van der Waals surface area contributed by atoms with Gasteiger partial charge in [0.15, 0.2) is 0 Å². The molecule has 0 saturated heterocycles. The lowest BCUT2D eigenvalue weighted by atomic mass is 10.1. The average Bonchev–Trinajstić information content (AvgIpc) is 2.96. The predicted molar refractivity (Wildman–Crippen MR) is 106 cm³/mol. The Bertz CT molecular complexity index is 972. The number of aryl methyl sites for hydroxylation is 1. The van der Waals surface area contributed by atoms with Crippen LogP contribution in [0.1, 0.15) is 15.2 Å². The predicted octanol–water partition coefficient (Wildman–Crippen LogP) is 4.63. The van der Waals surface area contributed by atoms with E-state index in [1.807, 2.05) is 54.0 Å². The van der Waals surface area contributed by atoms with Gasteiger partial charge in [0, 0.05) is 21.1 Å². The summed E-state index contributed by atoms with van der Waals surface area (Å²) in [5, 5.41) is 4.28. The highest BCUT2D eigenvalue weighted by molar-refractivity contribution is 9.10. The van der Waals surface area contributed by atoms with Gasteiger partial charge < -0.3 is 0 Å². The molecule has 1 heterocycles. The smallest absolute Gasteiger partial charge is 0.271 e. The third-order valence-electron chi connectivity index (χ3n) is 3.61. The maximum absolute atomic E-state index is 12.2. The summed E-state index contributed by atoms with van der Waals surface area (Å²) in [6.45, 7) is 5.91. The Hall–Kier alpha value is -2.44. The average molecular weight is 414 g/mol. The highest BCUT2D eigenvalue weighted by Crippen LogP contribution is 2.24. The second-order valence-electron chi connectivity index (χ2n) is 5.27. The quantitative estimate of drug-likeness (QED) is 0.622. The van der Waals surface area contributed by atoms with Crippen LogP contribution in [0.4, 0.5) is 0 Å². The molecule has 2 aromatic carbocycles. The summed E-state index contributed by atoms with van der Waals surface area (Å²) in [4.78, 5) is 14.0. The summed E-state index contributed by atoms with van der Waals surface area (Å²) >= 11 is 4.86. The van der Waals surface area contributed by atoms with Crippen molar-refractivity contribution in [3.63, 3.8) is 0 Å².